The van der Waals surface area contributed by atoms with Gasteiger partial charge in [-0.3, -0.25) is 0 Å². The predicted octanol–water partition coefficient (Wildman–Crippen LogP) is -11.7. The molecule has 0 bridgehead atoms. The molecule has 0 atom stereocenters. The summed E-state index contributed by atoms with van der Waals surface area (Å²) in [5, 5.41) is 0. The van der Waals surface area contributed by atoms with E-state index in [-0.39, 0.29) is 95.3 Å². The van der Waals surface area contributed by atoms with E-state index in [2.05, 4.69) is 4.43 Å². The fourth-order valence-electron chi connectivity index (χ4n) is 0.342. The molecule has 56 valence electrons. The van der Waals surface area contributed by atoms with Gasteiger partial charge in [0.25, 0.3) is 0 Å². The molecule has 12 heavy (non-hydrogen) atoms. The van der Waals surface area contributed by atoms with Crippen molar-refractivity contribution in [1.82, 2.24) is 0 Å². The molecular formula is C4H9Na3O4Si. The predicted molar refractivity (Wildman–Crippen MR) is 26.6 cm³/mol. The molecule has 0 unspecified atom stereocenters. The van der Waals surface area contributed by atoms with Gasteiger partial charge in [0.15, 0.2) is 0 Å². The largest absolute Gasteiger partial charge is 1.00 e. The van der Waals surface area contributed by atoms with Gasteiger partial charge in [0.1, 0.15) is 0 Å². The maximum Gasteiger partial charge on any atom is 1.00 e. The third-order valence-electron chi connectivity index (χ3n) is 0.777. The summed E-state index contributed by atoms with van der Waals surface area (Å²) in [6.45, 7) is 1.91. The number of hydrogen-bond acceptors (Lipinski definition) is 4. The Balaban J connectivity index is -0.000000107. The molecule has 0 fully saturated rings. The molecule has 0 radical (unpaired) electrons. The molecule has 0 amide bonds. The average Bonchev–Trinajstić information content (AvgIpc) is 1.63. The van der Waals surface area contributed by atoms with Gasteiger partial charge in [-0.1, -0.05) is 13.3 Å². The van der Waals surface area contributed by atoms with E-state index in [0.29, 0.717) is 6.42 Å². The minimum atomic E-state index is -4.94. The first-order valence-electron chi connectivity index (χ1n) is 2.81. The first-order valence-corrected chi connectivity index (χ1v) is 4.45. The third kappa shape index (κ3) is 23.1. The summed E-state index contributed by atoms with van der Waals surface area (Å²) in [7, 11) is -4.94. The third-order valence-corrected chi connectivity index (χ3v) is 1.33. The van der Waals surface area contributed by atoms with Gasteiger partial charge in [-0.05, 0) is 6.42 Å². The Morgan fingerprint density at radius 3 is 1.75 bits per heavy atom. The molecule has 0 aliphatic heterocycles. The SMILES string of the molecule is CCCCO[Si]([O-])([O-])[O-].[Na+].[Na+].[Na+]. The van der Waals surface area contributed by atoms with Crippen LogP contribution < -0.4 is 103 Å². The zero-order chi connectivity index (χ0) is 7.33. The summed E-state index contributed by atoms with van der Waals surface area (Å²) >= 11 is 0. The van der Waals surface area contributed by atoms with Crippen LogP contribution in [0.5, 0.6) is 0 Å². The van der Waals surface area contributed by atoms with Gasteiger partial charge >= 0.3 is 88.7 Å². The van der Waals surface area contributed by atoms with Crippen LogP contribution in [0.2, 0.25) is 0 Å². The summed E-state index contributed by atoms with van der Waals surface area (Å²) in [4.78, 5) is 29.4. The quantitative estimate of drug-likeness (QED) is 0.347. The van der Waals surface area contributed by atoms with Crippen molar-refractivity contribution in [2.24, 2.45) is 0 Å². The minimum absolute atomic E-state index is 0. The van der Waals surface area contributed by atoms with Crippen LogP contribution >= 0.6 is 0 Å². The maximum absolute atomic E-state index is 9.78. The van der Waals surface area contributed by atoms with Crippen molar-refractivity contribution in [3.8, 4) is 0 Å². The van der Waals surface area contributed by atoms with Crippen LogP contribution in [0.3, 0.4) is 0 Å². The fourth-order valence-corrected chi connectivity index (χ4v) is 0.736. The summed E-state index contributed by atoms with van der Waals surface area (Å²) in [5.74, 6) is 0. The average molecular weight is 218 g/mol. The van der Waals surface area contributed by atoms with E-state index in [1.54, 1.807) is 0 Å². The molecule has 4 nitrogen and oxygen atoms in total. The molecule has 0 aromatic carbocycles. The van der Waals surface area contributed by atoms with Gasteiger partial charge in [0.05, 0.1) is 0 Å². The zero-order valence-electron chi connectivity index (χ0n) is 8.25. The van der Waals surface area contributed by atoms with E-state index in [0.717, 1.165) is 6.42 Å². The van der Waals surface area contributed by atoms with Crippen LogP contribution in [0, 0.1) is 0 Å². The number of hydrogen-bond donors (Lipinski definition) is 0. The molecule has 0 aliphatic carbocycles. The number of unbranched alkanes of at least 4 members (excludes halogenated alkanes) is 1. The normalized spacial score (nSPS) is 9.00. The van der Waals surface area contributed by atoms with Crippen LogP contribution in [0.15, 0.2) is 0 Å². The van der Waals surface area contributed by atoms with Crippen LogP contribution in [-0.4, -0.2) is 15.7 Å². The molecule has 0 heterocycles. The summed E-state index contributed by atoms with van der Waals surface area (Å²) in [6, 6.07) is 0. The van der Waals surface area contributed by atoms with E-state index in [4.69, 9.17) is 0 Å². The Morgan fingerprint density at radius 2 is 1.50 bits per heavy atom. The van der Waals surface area contributed by atoms with Crippen molar-refractivity contribution < 1.29 is 107 Å². The van der Waals surface area contributed by atoms with Gasteiger partial charge in [0, 0.05) is 6.61 Å². The summed E-state index contributed by atoms with van der Waals surface area (Å²) < 4.78 is 3.94. The van der Waals surface area contributed by atoms with Gasteiger partial charge in [-0.2, -0.15) is 0 Å². The maximum atomic E-state index is 9.78. The van der Waals surface area contributed by atoms with Crippen molar-refractivity contribution >= 4 is 9.05 Å². The Bertz CT molecular complexity index is 79.2. The second-order valence-electron chi connectivity index (χ2n) is 1.70. The Labute approximate surface area is 140 Å². The Hall–Kier alpha value is 3.06. The molecule has 0 aromatic heterocycles. The smallest absolute Gasteiger partial charge is 0.861 e. The van der Waals surface area contributed by atoms with Crippen LogP contribution in [0.4, 0.5) is 0 Å². The molecule has 0 saturated carbocycles. The molecular weight excluding hydrogens is 209 g/mol. The first kappa shape index (κ1) is 24.3. The number of rotatable bonds is 4. The van der Waals surface area contributed by atoms with Crippen LogP contribution in [0.1, 0.15) is 19.8 Å². The molecule has 8 heteroatoms. The summed E-state index contributed by atoms with van der Waals surface area (Å²) in [6.07, 6.45) is 1.44. The van der Waals surface area contributed by atoms with E-state index < -0.39 is 9.05 Å². The van der Waals surface area contributed by atoms with Crippen molar-refractivity contribution in [2.75, 3.05) is 6.61 Å². The van der Waals surface area contributed by atoms with Crippen molar-refractivity contribution in [2.45, 2.75) is 19.8 Å². The molecule has 0 saturated heterocycles. The molecule has 0 rings (SSSR count). The molecule has 0 N–H and O–H groups in total. The first-order chi connectivity index (χ1) is 4.06. The van der Waals surface area contributed by atoms with E-state index in [9.17, 15) is 14.4 Å². The van der Waals surface area contributed by atoms with Crippen molar-refractivity contribution in [3.63, 3.8) is 0 Å². The topological polar surface area (TPSA) is 78.4 Å². The molecule has 0 aliphatic rings. The summed E-state index contributed by atoms with van der Waals surface area (Å²) in [5.41, 5.74) is 0. The minimum Gasteiger partial charge on any atom is -0.861 e. The van der Waals surface area contributed by atoms with E-state index >= 15 is 0 Å². The monoisotopic (exact) mass is 218 g/mol. The zero-order valence-corrected chi connectivity index (χ0v) is 15.3. The van der Waals surface area contributed by atoms with Crippen molar-refractivity contribution in [1.29, 1.82) is 0 Å². The molecule has 0 aromatic rings. The van der Waals surface area contributed by atoms with Crippen LogP contribution in [0.25, 0.3) is 0 Å². The Kier molecular flexibility index (Phi) is 28.5. The molecule has 0 spiro atoms. The van der Waals surface area contributed by atoms with Crippen LogP contribution in [-0.2, 0) is 4.43 Å². The standard InChI is InChI=1S/C4H9O4Si.3Na/c1-2-3-4-8-9(5,6)7;;;/h2-4H2,1H3;;;/q-3;3*+1. The van der Waals surface area contributed by atoms with Gasteiger partial charge < -0.3 is 18.8 Å². The van der Waals surface area contributed by atoms with Gasteiger partial charge in [0.2, 0.25) is 0 Å². The van der Waals surface area contributed by atoms with Crippen molar-refractivity contribution in [3.05, 3.63) is 0 Å². The van der Waals surface area contributed by atoms with Gasteiger partial charge in [-0.15, -0.1) is 9.05 Å². The fraction of sp³-hybridized carbons (Fsp3) is 1.00. The Morgan fingerprint density at radius 1 is 1.08 bits per heavy atom. The second kappa shape index (κ2) is 14.1. The van der Waals surface area contributed by atoms with Gasteiger partial charge in [-0.25, -0.2) is 0 Å². The van der Waals surface area contributed by atoms with E-state index in [1.807, 2.05) is 6.92 Å². The second-order valence-corrected chi connectivity index (χ2v) is 2.99. The van der Waals surface area contributed by atoms with E-state index in [1.165, 1.54) is 0 Å².